The summed E-state index contributed by atoms with van der Waals surface area (Å²) in [6.07, 6.45) is 62.6. The Hall–Kier alpha value is -2.43. The lowest BCUT2D eigenvalue weighted by Crippen LogP contribution is -2.45. The van der Waals surface area contributed by atoms with E-state index >= 15 is 0 Å². The van der Waals surface area contributed by atoms with Gasteiger partial charge in [-0.2, -0.15) is 0 Å². The lowest BCUT2D eigenvalue weighted by Gasteiger charge is -2.19. The zero-order valence-electron chi connectivity index (χ0n) is 34.0. The first kappa shape index (κ1) is 49.6. The number of hydrogen-bond donors (Lipinski definition) is 3. The Kier molecular flexibility index (Phi) is 41.0. The summed E-state index contributed by atoms with van der Waals surface area (Å²) < 4.78 is 0. The van der Waals surface area contributed by atoms with Crippen molar-refractivity contribution in [2.45, 2.75) is 206 Å². The van der Waals surface area contributed by atoms with E-state index in [0.29, 0.717) is 6.42 Å². The number of allylic oxidation sites excluding steroid dienone is 13. The van der Waals surface area contributed by atoms with Crippen molar-refractivity contribution < 1.29 is 15.0 Å². The number of carbonyl (C=O) groups excluding carboxylic acids is 1. The van der Waals surface area contributed by atoms with E-state index in [-0.39, 0.29) is 12.5 Å². The van der Waals surface area contributed by atoms with Crippen molar-refractivity contribution in [3.05, 3.63) is 85.1 Å². The molecule has 0 heterocycles. The number of amides is 1. The zero-order valence-corrected chi connectivity index (χ0v) is 34.0. The van der Waals surface area contributed by atoms with Gasteiger partial charge in [0.05, 0.1) is 18.8 Å². The Labute approximate surface area is 322 Å². The molecule has 4 nitrogen and oxygen atoms in total. The molecular weight excluding hydrogens is 639 g/mol. The minimum Gasteiger partial charge on any atom is -0.394 e. The number of aliphatic hydroxyl groups is 2. The fraction of sp³-hybridized carbons (Fsp3) is 0.688. The molecule has 0 aliphatic rings. The van der Waals surface area contributed by atoms with Crippen LogP contribution in [-0.2, 0) is 4.79 Å². The third kappa shape index (κ3) is 38.8. The van der Waals surface area contributed by atoms with Crippen LogP contribution in [0.25, 0.3) is 0 Å². The average molecular weight is 722 g/mol. The van der Waals surface area contributed by atoms with Crippen LogP contribution in [0.15, 0.2) is 85.1 Å². The predicted molar refractivity (Wildman–Crippen MR) is 230 cm³/mol. The van der Waals surface area contributed by atoms with Crippen LogP contribution in [0.5, 0.6) is 0 Å². The van der Waals surface area contributed by atoms with Gasteiger partial charge in [-0.3, -0.25) is 4.79 Å². The molecule has 0 bridgehead atoms. The van der Waals surface area contributed by atoms with Crippen LogP contribution < -0.4 is 5.32 Å². The number of nitrogens with one attached hydrogen (secondary N) is 1. The summed E-state index contributed by atoms with van der Waals surface area (Å²) in [6, 6.07) is -0.661. The minimum absolute atomic E-state index is 0.108. The Morgan fingerprint density at radius 2 is 0.865 bits per heavy atom. The van der Waals surface area contributed by atoms with Gasteiger partial charge in [0, 0.05) is 6.42 Å². The Morgan fingerprint density at radius 3 is 1.35 bits per heavy atom. The summed E-state index contributed by atoms with van der Waals surface area (Å²) in [7, 11) is 0. The molecule has 0 fully saturated rings. The molecule has 52 heavy (non-hydrogen) atoms. The molecule has 4 heteroatoms. The van der Waals surface area contributed by atoms with E-state index in [1.807, 2.05) is 6.08 Å². The molecule has 0 radical (unpaired) electrons. The minimum atomic E-state index is -0.881. The molecule has 298 valence electrons. The summed E-state index contributed by atoms with van der Waals surface area (Å²) in [4.78, 5) is 12.4. The summed E-state index contributed by atoms with van der Waals surface area (Å²) >= 11 is 0. The van der Waals surface area contributed by atoms with Crippen LogP contribution in [0.2, 0.25) is 0 Å². The van der Waals surface area contributed by atoms with Crippen molar-refractivity contribution in [1.82, 2.24) is 5.32 Å². The van der Waals surface area contributed by atoms with E-state index in [4.69, 9.17) is 0 Å². The fourth-order valence-electron chi connectivity index (χ4n) is 6.04. The third-order valence-corrected chi connectivity index (χ3v) is 9.36. The highest BCUT2D eigenvalue weighted by Gasteiger charge is 2.17. The standard InChI is InChI=1S/C48H83NO3/c1-3-5-7-9-11-13-15-17-19-21-23-24-26-27-29-31-33-35-37-39-41-43-47(51)46(45-50)49-48(52)44-42-40-38-36-34-32-30-28-25-22-20-18-16-14-12-10-8-6-4-2/h6,8,12,14,18,20,25,28,32-35,41,43,46-47,50-51H,3-5,7,9-11,13,15-17,19,21-24,26-27,29-31,36-40,42,44-45H2,1-2H3,(H,49,52)/b8-6-,14-12-,20-18-,28-25-,34-32-,35-33+,43-41+. The first-order chi connectivity index (χ1) is 25.7. The molecule has 2 atom stereocenters. The van der Waals surface area contributed by atoms with Gasteiger partial charge in [0.15, 0.2) is 0 Å². The molecule has 0 aromatic heterocycles. The van der Waals surface area contributed by atoms with Crippen molar-refractivity contribution >= 4 is 5.91 Å². The molecule has 0 saturated carbocycles. The van der Waals surface area contributed by atoms with Gasteiger partial charge >= 0.3 is 0 Å². The van der Waals surface area contributed by atoms with Crippen LogP contribution in [0, 0.1) is 0 Å². The maximum absolute atomic E-state index is 12.4. The molecule has 0 rings (SSSR count). The van der Waals surface area contributed by atoms with E-state index in [1.54, 1.807) is 6.08 Å². The molecule has 1 amide bonds. The molecule has 2 unspecified atom stereocenters. The fourth-order valence-corrected chi connectivity index (χ4v) is 6.04. The summed E-state index contributed by atoms with van der Waals surface area (Å²) in [5.41, 5.74) is 0. The maximum Gasteiger partial charge on any atom is 0.220 e. The SMILES string of the molecule is CC/C=C\C/C=C\C/C=C\C/C=C\C/C=C\CCCCCC(=O)NC(CO)C(O)/C=C/CC/C=C/CCCCCCCCCCCCCCCCC. The molecule has 0 aromatic rings. The van der Waals surface area contributed by atoms with Gasteiger partial charge < -0.3 is 15.5 Å². The number of unbranched alkanes of at least 4 members (excludes halogenated alkanes) is 19. The Bertz CT molecular complexity index is 957. The van der Waals surface area contributed by atoms with Crippen molar-refractivity contribution in [3.63, 3.8) is 0 Å². The number of rotatable bonds is 38. The number of carbonyl (C=O) groups is 1. The van der Waals surface area contributed by atoms with Crippen LogP contribution >= 0.6 is 0 Å². The lowest BCUT2D eigenvalue weighted by atomic mass is 10.0. The van der Waals surface area contributed by atoms with Crippen LogP contribution in [0.1, 0.15) is 194 Å². The van der Waals surface area contributed by atoms with Crippen molar-refractivity contribution in [2.24, 2.45) is 0 Å². The normalized spacial score (nSPS) is 13.8. The predicted octanol–water partition coefficient (Wildman–Crippen LogP) is 13.7. The summed E-state index contributed by atoms with van der Waals surface area (Å²) in [5, 5.41) is 23.0. The number of hydrogen-bond acceptors (Lipinski definition) is 3. The first-order valence-electron chi connectivity index (χ1n) is 21.8. The highest BCUT2D eigenvalue weighted by atomic mass is 16.3. The van der Waals surface area contributed by atoms with E-state index in [9.17, 15) is 15.0 Å². The van der Waals surface area contributed by atoms with Gasteiger partial charge in [0.2, 0.25) is 5.91 Å². The maximum atomic E-state index is 12.4. The molecule has 0 spiro atoms. The molecule has 0 aliphatic heterocycles. The van der Waals surface area contributed by atoms with Crippen molar-refractivity contribution in [2.75, 3.05) is 6.61 Å². The van der Waals surface area contributed by atoms with Gasteiger partial charge in [-0.25, -0.2) is 0 Å². The highest BCUT2D eigenvalue weighted by molar-refractivity contribution is 5.76. The molecule has 0 aliphatic carbocycles. The number of aliphatic hydroxyl groups excluding tert-OH is 2. The molecule has 0 aromatic carbocycles. The zero-order chi connectivity index (χ0) is 37.8. The lowest BCUT2D eigenvalue weighted by molar-refractivity contribution is -0.123. The monoisotopic (exact) mass is 722 g/mol. The quantitative estimate of drug-likeness (QED) is 0.0439. The summed E-state index contributed by atoms with van der Waals surface area (Å²) in [6.45, 7) is 4.16. The molecular formula is C48H83NO3. The Morgan fingerprint density at radius 1 is 0.481 bits per heavy atom. The van der Waals surface area contributed by atoms with Gasteiger partial charge in [-0.15, -0.1) is 0 Å². The van der Waals surface area contributed by atoms with Gasteiger partial charge in [0.25, 0.3) is 0 Å². The largest absolute Gasteiger partial charge is 0.394 e. The smallest absolute Gasteiger partial charge is 0.220 e. The van der Waals surface area contributed by atoms with Crippen molar-refractivity contribution in [3.8, 4) is 0 Å². The third-order valence-electron chi connectivity index (χ3n) is 9.36. The van der Waals surface area contributed by atoms with E-state index in [0.717, 1.165) is 77.0 Å². The second kappa shape index (κ2) is 43.0. The topological polar surface area (TPSA) is 69.6 Å². The van der Waals surface area contributed by atoms with Crippen LogP contribution in [-0.4, -0.2) is 34.9 Å². The second-order valence-corrected chi connectivity index (χ2v) is 14.4. The van der Waals surface area contributed by atoms with Gasteiger partial charge in [0.1, 0.15) is 0 Å². The van der Waals surface area contributed by atoms with Gasteiger partial charge in [-0.05, 0) is 77.0 Å². The van der Waals surface area contributed by atoms with Crippen LogP contribution in [0.4, 0.5) is 0 Å². The summed E-state index contributed by atoms with van der Waals surface area (Å²) in [5.74, 6) is -0.108. The second-order valence-electron chi connectivity index (χ2n) is 14.4. The van der Waals surface area contributed by atoms with E-state index < -0.39 is 12.1 Å². The van der Waals surface area contributed by atoms with Gasteiger partial charge in [-0.1, -0.05) is 195 Å². The highest BCUT2D eigenvalue weighted by Crippen LogP contribution is 2.14. The Balaban J connectivity index is 3.71. The van der Waals surface area contributed by atoms with E-state index in [1.165, 1.54) is 96.3 Å². The van der Waals surface area contributed by atoms with Crippen LogP contribution in [0.3, 0.4) is 0 Å². The average Bonchev–Trinajstić information content (AvgIpc) is 3.15. The molecule has 3 N–H and O–H groups in total. The van der Waals surface area contributed by atoms with E-state index in [2.05, 4.69) is 92.1 Å². The molecule has 0 saturated heterocycles. The first-order valence-corrected chi connectivity index (χ1v) is 21.8. The van der Waals surface area contributed by atoms with Crippen molar-refractivity contribution in [1.29, 1.82) is 0 Å².